The van der Waals surface area contributed by atoms with Crippen molar-refractivity contribution in [2.75, 3.05) is 0 Å². The van der Waals surface area contributed by atoms with Gasteiger partial charge in [0.25, 0.3) is 0 Å². The molecule has 0 radical (unpaired) electrons. The number of rotatable bonds is 5. The Kier molecular flexibility index (Phi) is 4.66. The summed E-state index contributed by atoms with van der Waals surface area (Å²) in [4.78, 5) is 0. The Balaban J connectivity index is 1.71. The van der Waals surface area contributed by atoms with E-state index < -0.39 is 0 Å². The first-order valence-corrected chi connectivity index (χ1v) is 7.07. The van der Waals surface area contributed by atoms with Gasteiger partial charge in [0, 0.05) is 12.5 Å². The second kappa shape index (κ2) is 6.25. The van der Waals surface area contributed by atoms with Crippen LogP contribution in [0.3, 0.4) is 0 Å². The molecule has 1 aromatic heterocycles. The van der Waals surface area contributed by atoms with E-state index in [0.29, 0.717) is 6.04 Å². The lowest BCUT2D eigenvalue weighted by molar-refractivity contribution is 0.232. The van der Waals surface area contributed by atoms with Crippen LogP contribution in [0.25, 0.3) is 0 Å². The van der Waals surface area contributed by atoms with Crippen LogP contribution in [-0.4, -0.2) is 6.04 Å². The molecule has 96 valence electrons. The molecule has 1 aromatic rings. The molecule has 2 heteroatoms. The SMILES string of the molecule is CCC1CCC(C(N)CCc2ccco2)CC1. The Hall–Kier alpha value is -0.760. The molecular weight excluding hydrogens is 210 g/mol. The minimum absolute atomic E-state index is 0.359. The highest BCUT2D eigenvalue weighted by molar-refractivity contribution is 4.98. The Labute approximate surface area is 105 Å². The normalized spacial score (nSPS) is 26.9. The van der Waals surface area contributed by atoms with Crippen molar-refractivity contribution in [2.24, 2.45) is 17.6 Å². The molecule has 0 spiro atoms. The average Bonchev–Trinajstić information content (AvgIpc) is 2.89. The van der Waals surface area contributed by atoms with Gasteiger partial charge in [0.05, 0.1) is 6.26 Å². The van der Waals surface area contributed by atoms with Crippen molar-refractivity contribution < 1.29 is 4.42 Å². The summed E-state index contributed by atoms with van der Waals surface area (Å²) in [6, 6.07) is 4.35. The van der Waals surface area contributed by atoms with Crippen molar-refractivity contribution in [1.82, 2.24) is 0 Å². The third kappa shape index (κ3) is 3.60. The minimum Gasteiger partial charge on any atom is -0.469 e. The summed E-state index contributed by atoms with van der Waals surface area (Å²) in [7, 11) is 0. The molecule has 0 bridgehead atoms. The zero-order chi connectivity index (χ0) is 12.1. The summed E-state index contributed by atoms with van der Waals surface area (Å²) in [5, 5.41) is 0. The second-order valence-corrected chi connectivity index (χ2v) is 5.47. The van der Waals surface area contributed by atoms with Gasteiger partial charge < -0.3 is 10.2 Å². The Morgan fingerprint density at radius 1 is 1.35 bits per heavy atom. The summed E-state index contributed by atoms with van der Waals surface area (Å²) in [6.07, 6.45) is 10.6. The van der Waals surface area contributed by atoms with Crippen molar-refractivity contribution in [1.29, 1.82) is 0 Å². The molecule has 1 unspecified atom stereocenters. The van der Waals surface area contributed by atoms with Crippen molar-refractivity contribution in [3.05, 3.63) is 24.2 Å². The molecule has 17 heavy (non-hydrogen) atoms. The Morgan fingerprint density at radius 3 is 2.71 bits per heavy atom. The van der Waals surface area contributed by atoms with Gasteiger partial charge in [-0.2, -0.15) is 0 Å². The van der Waals surface area contributed by atoms with Crippen LogP contribution < -0.4 is 5.73 Å². The molecule has 0 aliphatic heterocycles. The van der Waals surface area contributed by atoms with E-state index in [9.17, 15) is 0 Å². The highest BCUT2D eigenvalue weighted by Crippen LogP contribution is 2.32. The summed E-state index contributed by atoms with van der Waals surface area (Å²) in [6.45, 7) is 2.31. The van der Waals surface area contributed by atoms with Gasteiger partial charge in [-0.25, -0.2) is 0 Å². The topological polar surface area (TPSA) is 39.2 Å². The fraction of sp³-hybridized carbons (Fsp3) is 0.733. The van der Waals surface area contributed by atoms with Gasteiger partial charge in [-0.3, -0.25) is 0 Å². The molecule has 1 aliphatic carbocycles. The maximum atomic E-state index is 6.31. The molecule has 1 saturated carbocycles. The highest BCUT2D eigenvalue weighted by atomic mass is 16.3. The second-order valence-electron chi connectivity index (χ2n) is 5.47. The number of aryl methyl sites for hydroxylation is 1. The minimum atomic E-state index is 0.359. The van der Waals surface area contributed by atoms with Crippen LogP contribution in [0.1, 0.15) is 51.2 Å². The van der Waals surface area contributed by atoms with E-state index in [0.717, 1.165) is 30.4 Å². The smallest absolute Gasteiger partial charge is 0.103 e. The largest absolute Gasteiger partial charge is 0.469 e. The van der Waals surface area contributed by atoms with E-state index in [1.165, 1.54) is 32.1 Å². The average molecular weight is 235 g/mol. The third-order valence-electron chi connectivity index (χ3n) is 4.38. The van der Waals surface area contributed by atoms with Crippen molar-refractivity contribution in [3.63, 3.8) is 0 Å². The molecule has 1 fully saturated rings. The fourth-order valence-corrected chi connectivity index (χ4v) is 3.02. The number of furan rings is 1. The van der Waals surface area contributed by atoms with E-state index in [2.05, 4.69) is 6.92 Å². The van der Waals surface area contributed by atoms with Gasteiger partial charge in [0.2, 0.25) is 0 Å². The van der Waals surface area contributed by atoms with E-state index in [4.69, 9.17) is 10.2 Å². The van der Waals surface area contributed by atoms with Crippen molar-refractivity contribution in [3.8, 4) is 0 Å². The molecule has 0 aromatic carbocycles. The van der Waals surface area contributed by atoms with Crippen LogP contribution in [0.2, 0.25) is 0 Å². The lowest BCUT2D eigenvalue weighted by atomic mass is 9.77. The van der Waals surface area contributed by atoms with Crippen LogP contribution in [0.4, 0.5) is 0 Å². The summed E-state index contributed by atoms with van der Waals surface area (Å²) in [5.74, 6) is 2.78. The van der Waals surface area contributed by atoms with E-state index in [1.807, 2.05) is 12.1 Å². The first kappa shape index (κ1) is 12.7. The Bertz CT molecular complexity index is 299. The highest BCUT2D eigenvalue weighted by Gasteiger charge is 2.24. The first-order chi connectivity index (χ1) is 8.29. The standard InChI is InChI=1S/C15H25NO/c1-2-12-5-7-13(8-6-12)15(16)10-9-14-4-3-11-17-14/h3-4,11-13,15H,2,5-10,16H2,1H3. The number of nitrogens with two attached hydrogens (primary N) is 1. The maximum absolute atomic E-state index is 6.31. The predicted molar refractivity (Wildman–Crippen MR) is 70.7 cm³/mol. The summed E-state index contributed by atoms with van der Waals surface area (Å²) >= 11 is 0. The van der Waals surface area contributed by atoms with E-state index >= 15 is 0 Å². The third-order valence-corrected chi connectivity index (χ3v) is 4.38. The molecule has 1 aliphatic rings. The first-order valence-electron chi connectivity index (χ1n) is 7.07. The van der Waals surface area contributed by atoms with Gasteiger partial charge in [-0.15, -0.1) is 0 Å². The lowest BCUT2D eigenvalue weighted by Gasteiger charge is -2.31. The van der Waals surface area contributed by atoms with Crippen LogP contribution in [0.15, 0.2) is 22.8 Å². The van der Waals surface area contributed by atoms with Crippen LogP contribution >= 0.6 is 0 Å². The Morgan fingerprint density at radius 2 is 2.12 bits per heavy atom. The number of hydrogen-bond donors (Lipinski definition) is 1. The molecule has 2 rings (SSSR count). The zero-order valence-corrected chi connectivity index (χ0v) is 10.9. The summed E-state index contributed by atoms with van der Waals surface area (Å²) in [5.41, 5.74) is 6.31. The number of hydrogen-bond acceptors (Lipinski definition) is 2. The van der Waals surface area contributed by atoms with Crippen LogP contribution in [0.5, 0.6) is 0 Å². The van der Waals surface area contributed by atoms with Gasteiger partial charge >= 0.3 is 0 Å². The van der Waals surface area contributed by atoms with Gasteiger partial charge in [-0.1, -0.05) is 26.2 Å². The lowest BCUT2D eigenvalue weighted by Crippen LogP contribution is -2.33. The fourth-order valence-electron chi connectivity index (χ4n) is 3.02. The molecule has 2 nitrogen and oxygen atoms in total. The molecule has 1 atom stereocenters. The van der Waals surface area contributed by atoms with E-state index in [1.54, 1.807) is 6.26 Å². The van der Waals surface area contributed by atoms with Gasteiger partial charge in [0.15, 0.2) is 0 Å². The molecule has 2 N–H and O–H groups in total. The van der Waals surface area contributed by atoms with Crippen molar-refractivity contribution in [2.45, 2.75) is 57.9 Å². The van der Waals surface area contributed by atoms with Crippen molar-refractivity contribution >= 4 is 0 Å². The van der Waals surface area contributed by atoms with Crippen LogP contribution in [-0.2, 0) is 6.42 Å². The zero-order valence-electron chi connectivity index (χ0n) is 10.9. The molecule has 1 heterocycles. The quantitative estimate of drug-likeness (QED) is 0.844. The van der Waals surface area contributed by atoms with Gasteiger partial charge in [-0.05, 0) is 43.2 Å². The molecule has 0 saturated heterocycles. The molecule has 0 amide bonds. The predicted octanol–water partition coefficient (Wildman–Crippen LogP) is 3.76. The molecular formula is C15H25NO. The van der Waals surface area contributed by atoms with Crippen LogP contribution in [0, 0.1) is 11.8 Å². The maximum Gasteiger partial charge on any atom is 0.103 e. The van der Waals surface area contributed by atoms with E-state index in [-0.39, 0.29) is 0 Å². The van der Waals surface area contributed by atoms with Gasteiger partial charge in [0.1, 0.15) is 5.76 Å². The monoisotopic (exact) mass is 235 g/mol. The summed E-state index contributed by atoms with van der Waals surface area (Å²) < 4.78 is 5.35.